The van der Waals surface area contributed by atoms with Crippen molar-refractivity contribution in [1.82, 2.24) is 0 Å². The van der Waals surface area contributed by atoms with Crippen molar-refractivity contribution in [2.24, 2.45) is 0 Å². The van der Waals surface area contributed by atoms with Crippen molar-refractivity contribution in [3.05, 3.63) is 66.7 Å². The molecule has 0 spiro atoms. The zero-order chi connectivity index (χ0) is 17.7. The SMILES string of the molecule is O=S(=O)(O)CCC[n+]1c(/C=C/Nc2ccccc2)oc2ccccc21. The van der Waals surface area contributed by atoms with Crippen molar-refractivity contribution < 1.29 is 22.0 Å². The Morgan fingerprint density at radius 3 is 2.56 bits per heavy atom. The number of oxazole rings is 1. The van der Waals surface area contributed by atoms with Crippen molar-refractivity contribution >= 4 is 33.0 Å². The van der Waals surface area contributed by atoms with Crippen LogP contribution in [0, 0.1) is 0 Å². The first kappa shape index (κ1) is 17.2. The standard InChI is InChI=1S/C18H18N2O4S/c21-25(22,23)14-6-13-20-16-9-4-5-10-17(16)24-18(20)11-12-19-15-7-2-1-3-8-15/h1-5,7-12H,6,13-14H2,(H,21,22,23)/p+1. The first-order chi connectivity index (χ1) is 12.0. The number of fused-ring (bicyclic) bond motifs is 1. The van der Waals surface area contributed by atoms with E-state index in [0.717, 1.165) is 11.2 Å². The van der Waals surface area contributed by atoms with Gasteiger partial charge in [-0.15, -0.1) is 0 Å². The molecule has 6 nitrogen and oxygen atoms in total. The van der Waals surface area contributed by atoms with Crippen molar-refractivity contribution in [1.29, 1.82) is 0 Å². The fraction of sp³-hybridized carbons (Fsp3) is 0.167. The van der Waals surface area contributed by atoms with E-state index in [1.54, 1.807) is 12.3 Å². The molecule has 3 rings (SSSR count). The third-order valence-corrected chi connectivity index (χ3v) is 4.47. The van der Waals surface area contributed by atoms with Gasteiger partial charge >= 0.3 is 5.89 Å². The van der Waals surface area contributed by atoms with Gasteiger partial charge in [0.05, 0.1) is 11.8 Å². The quantitative estimate of drug-likeness (QED) is 0.500. The minimum absolute atomic E-state index is 0.287. The number of hydrogen-bond donors (Lipinski definition) is 2. The fourth-order valence-electron chi connectivity index (χ4n) is 2.56. The van der Waals surface area contributed by atoms with Crippen LogP contribution in [0.1, 0.15) is 12.3 Å². The van der Waals surface area contributed by atoms with Crippen LogP contribution in [0.4, 0.5) is 5.69 Å². The number of rotatable bonds is 7. The Hall–Kier alpha value is -2.64. The van der Waals surface area contributed by atoms with Crippen LogP contribution in [0.15, 0.2) is 65.2 Å². The molecule has 0 unspecified atom stereocenters. The Kier molecular flexibility index (Phi) is 5.16. The van der Waals surface area contributed by atoms with Gasteiger partial charge in [0.25, 0.3) is 15.6 Å². The predicted molar refractivity (Wildman–Crippen MR) is 96.5 cm³/mol. The van der Waals surface area contributed by atoms with Crippen LogP contribution in [-0.2, 0) is 16.7 Å². The zero-order valence-electron chi connectivity index (χ0n) is 13.5. The summed E-state index contributed by atoms with van der Waals surface area (Å²) in [7, 11) is -3.97. The molecule has 3 aromatic rings. The van der Waals surface area contributed by atoms with Crippen LogP contribution >= 0.6 is 0 Å². The first-order valence-corrected chi connectivity index (χ1v) is 9.48. The maximum atomic E-state index is 10.9. The number of para-hydroxylation sites is 3. The van der Waals surface area contributed by atoms with E-state index in [1.807, 2.05) is 59.2 Å². The number of aryl methyl sites for hydroxylation is 1. The molecule has 0 saturated carbocycles. The molecule has 0 saturated heterocycles. The lowest BCUT2D eigenvalue weighted by Crippen LogP contribution is -2.36. The topological polar surface area (TPSA) is 83.4 Å². The van der Waals surface area contributed by atoms with Crippen LogP contribution in [0.25, 0.3) is 17.2 Å². The number of benzene rings is 2. The van der Waals surface area contributed by atoms with Gasteiger partial charge in [-0.3, -0.25) is 4.55 Å². The number of nitrogens with zero attached hydrogens (tertiary/aromatic N) is 1. The average molecular weight is 359 g/mol. The molecule has 1 aromatic heterocycles. The normalized spacial score (nSPS) is 12.0. The van der Waals surface area contributed by atoms with E-state index in [1.165, 1.54) is 0 Å². The summed E-state index contributed by atoms with van der Waals surface area (Å²) >= 11 is 0. The van der Waals surface area contributed by atoms with Crippen LogP contribution in [0.3, 0.4) is 0 Å². The summed E-state index contributed by atoms with van der Waals surface area (Å²) in [5, 5.41) is 3.16. The molecular formula is C18H19N2O4S+. The van der Waals surface area contributed by atoms with Gasteiger partial charge in [0.1, 0.15) is 0 Å². The Labute approximate surface area is 146 Å². The molecule has 0 amide bonds. The molecule has 0 aliphatic rings. The Bertz CT molecular complexity index is 979. The summed E-state index contributed by atoms with van der Waals surface area (Å²) < 4.78 is 38.5. The minimum atomic E-state index is -3.97. The highest BCUT2D eigenvalue weighted by Gasteiger charge is 2.20. The highest BCUT2D eigenvalue weighted by Crippen LogP contribution is 2.15. The van der Waals surface area contributed by atoms with E-state index in [4.69, 9.17) is 8.97 Å². The van der Waals surface area contributed by atoms with Gasteiger partial charge in [0.2, 0.25) is 5.58 Å². The molecule has 0 aliphatic heterocycles. The van der Waals surface area contributed by atoms with Crippen molar-refractivity contribution in [3.8, 4) is 0 Å². The molecule has 7 heteroatoms. The molecule has 0 bridgehead atoms. The van der Waals surface area contributed by atoms with E-state index in [9.17, 15) is 8.42 Å². The second-order valence-corrected chi connectivity index (χ2v) is 7.12. The average Bonchev–Trinajstić information content (AvgIpc) is 2.93. The predicted octanol–water partition coefficient (Wildman–Crippen LogP) is 3.08. The maximum absolute atomic E-state index is 10.9. The lowest BCUT2D eigenvalue weighted by atomic mass is 10.3. The summed E-state index contributed by atoms with van der Waals surface area (Å²) in [4.78, 5) is 0. The number of aromatic nitrogens is 1. The van der Waals surface area contributed by atoms with Crippen LogP contribution < -0.4 is 9.88 Å². The molecule has 0 aliphatic carbocycles. The summed E-state index contributed by atoms with van der Waals surface area (Å²) in [6.45, 7) is 0.418. The Morgan fingerprint density at radius 2 is 1.80 bits per heavy atom. The van der Waals surface area contributed by atoms with Gasteiger partial charge in [-0.25, -0.2) is 0 Å². The van der Waals surface area contributed by atoms with Gasteiger partial charge < -0.3 is 9.73 Å². The zero-order valence-corrected chi connectivity index (χ0v) is 14.3. The largest absolute Gasteiger partial charge is 0.398 e. The maximum Gasteiger partial charge on any atom is 0.375 e. The highest BCUT2D eigenvalue weighted by atomic mass is 32.2. The number of nitrogens with one attached hydrogen (secondary N) is 1. The van der Waals surface area contributed by atoms with E-state index in [0.29, 0.717) is 24.4 Å². The summed E-state index contributed by atoms with van der Waals surface area (Å²) in [5.74, 6) is 0.310. The second kappa shape index (κ2) is 7.50. The van der Waals surface area contributed by atoms with Gasteiger partial charge in [-0.05, 0) is 18.2 Å². The smallest absolute Gasteiger partial charge is 0.375 e. The molecule has 0 fully saturated rings. The van der Waals surface area contributed by atoms with Gasteiger partial charge in [-0.2, -0.15) is 13.0 Å². The lowest BCUT2D eigenvalue weighted by Gasteiger charge is -1.98. The first-order valence-electron chi connectivity index (χ1n) is 7.87. The van der Waals surface area contributed by atoms with Gasteiger partial charge in [0, 0.05) is 24.4 Å². The second-order valence-electron chi connectivity index (χ2n) is 5.54. The molecule has 1 heterocycles. The van der Waals surface area contributed by atoms with E-state index < -0.39 is 10.1 Å². The molecule has 25 heavy (non-hydrogen) atoms. The van der Waals surface area contributed by atoms with Gasteiger partial charge in [-0.1, -0.05) is 30.3 Å². The van der Waals surface area contributed by atoms with E-state index in [2.05, 4.69) is 5.32 Å². The summed E-state index contributed by atoms with van der Waals surface area (Å²) in [6.07, 6.45) is 3.85. The third-order valence-electron chi connectivity index (χ3n) is 3.67. The van der Waals surface area contributed by atoms with Crippen molar-refractivity contribution in [3.63, 3.8) is 0 Å². The Balaban J connectivity index is 1.82. The van der Waals surface area contributed by atoms with Crippen LogP contribution in [0.2, 0.25) is 0 Å². The summed E-state index contributed by atoms with van der Waals surface area (Å²) in [5.41, 5.74) is 2.54. The monoisotopic (exact) mass is 359 g/mol. The molecule has 0 atom stereocenters. The number of anilines is 1. The minimum Gasteiger partial charge on any atom is -0.398 e. The Morgan fingerprint density at radius 1 is 1.08 bits per heavy atom. The van der Waals surface area contributed by atoms with E-state index in [-0.39, 0.29) is 5.75 Å². The fourth-order valence-corrected chi connectivity index (χ4v) is 3.05. The van der Waals surface area contributed by atoms with E-state index >= 15 is 0 Å². The molecule has 2 N–H and O–H groups in total. The van der Waals surface area contributed by atoms with Crippen molar-refractivity contribution in [2.75, 3.05) is 11.1 Å². The van der Waals surface area contributed by atoms with Crippen LogP contribution in [-0.4, -0.2) is 18.7 Å². The summed E-state index contributed by atoms with van der Waals surface area (Å²) in [6, 6.07) is 17.3. The molecular weight excluding hydrogens is 340 g/mol. The van der Waals surface area contributed by atoms with Crippen molar-refractivity contribution in [2.45, 2.75) is 13.0 Å². The molecule has 0 radical (unpaired) electrons. The lowest BCUT2D eigenvalue weighted by molar-refractivity contribution is -0.677. The molecule has 2 aromatic carbocycles. The molecule has 130 valence electrons. The number of hydrogen-bond acceptors (Lipinski definition) is 4. The highest BCUT2D eigenvalue weighted by molar-refractivity contribution is 7.85. The van der Waals surface area contributed by atoms with Crippen LogP contribution in [0.5, 0.6) is 0 Å². The van der Waals surface area contributed by atoms with Gasteiger partial charge in [0.15, 0.2) is 6.54 Å². The third kappa shape index (κ3) is 4.68.